The number of aromatic nitrogens is 2. The number of hydrogen-bond donors (Lipinski definition) is 1. The van der Waals surface area contributed by atoms with E-state index in [9.17, 15) is 19.2 Å². The lowest BCUT2D eigenvalue weighted by atomic mass is 10.2. The molecule has 1 N–H and O–H groups in total. The molecule has 0 atom stereocenters. The summed E-state index contributed by atoms with van der Waals surface area (Å²) in [5, 5.41) is 0.280. The van der Waals surface area contributed by atoms with Crippen molar-refractivity contribution in [3.8, 4) is 0 Å². The summed E-state index contributed by atoms with van der Waals surface area (Å²) in [6, 6.07) is 7.88. The van der Waals surface area contributed by atoms with Crippen molar-refractivity contribution in [2.45, 2.75) is 13.2 Å². The Morgan fingerprint density at radius 3 is 2.73 bits per heavy atom. The number of nitrogens with zero attached hydrogens (tertiary/aromatic N) is 1. The number of ether oxygens (including phenoxy) is 2. The van der Waals surface area contributed by atoms with E-state index in [0.29, 0.717) is 11.1 Å². The molecular formula is C17H14N2O7. The van der Waals surface area contributed by atoms with E-state index in [4.69, 9.17) is 9.15 Å². The number of carbonyl (C=O) groups is 2. The highest BCUT2D eigenvalue weighted by Gasteiger charge is 2.18. The van der Waals surface area contributed by atoms with Crippen molar-refractivity contribution in [1.82, 2.24) is 9.55 Å². The normalized spacial score (nSPS) is 10.7. The standard InChI is InChI=1S/C17H14N2O7/c1-24-16(22)14-10(6-7-25-14)9-26-13(20)8-19-12-5-3-2-4-11(12)15(21)18-17(19)23/h2-7H,8-9H2,1H3,(H,18,21,23). The van der Waals surface area contributed by atoms with Crippen LogP contribution in [0.15, 0.2) is 50.6 Å². The van der Waals surface area contributed by atoms with Crippen LogP contribution in [0.5, 0.6) is 0 Å². The molecule has 3 aromatic rings. The third kappa shape index (κ3) is 3.27. The Kier molecular flexibility index (Phi) is 4.70. The third-order valence-corrected chi connectivity index (χ3v) is 3.70. The van der Waals surface area contributed by atoms with Crippen molar-refractivity contribution < 1.29 is 23.5 Å². The molecule has 0 fully saturated rings. The summed E-state index contributed by atoms with van der Waals surface area (Å²) in [7, 11) is 1.20. The summed E-state index contributed by atoms with van der Waals surface area (Å²) in [5.74, 6) is -1.47. The molecule has 2 aromatic heterocycles. The van der Waals surface area contributed by atoms with Gasteiger partial charge in [-0.1, -0.05) is 12.1 Å². The molecule has 1 aromatic carbocycles. The zero-order valence-corrected chi connectivity index (χ0v) is 13.7. The molecule has 0 aliphatic heterocycles. The smallest absolute Gasteiger partial charge is 0.374 e. The summed E-state index contributed by atoms with van der Waals surface area (Å²) in [4.78, 5) is 49.6. The van der Waals surface area contributed by atoms with Gasteiger partial charge in [-0.15, -0.1) is 0 Å². The van der Waals surface area contributed by atoms with E-state index in [0.717, 1.165) is 4.57 Å². The highest BCUT2D eigenvalue weighted by atomic mass is 16.5. The molecule has 0 saturated carbocycles. The number of fused-ring (bicyclic) bond motifs is 1. The topological polar surface area (TPSA) is 121 Å². The van der Waals surface area contributed by atoms with E-state index in [1.54, 1.807) is 24.3 Å². The number of furan rings is 1. The predicted octanol–water partition coefficient (Wildman–Crippen LogP) is 0.813. The van der Waals surface area contributed by atoms with Gasteiger partial charge >= 0.3 is 17.6 Å². The van der Waals surface area contributed by atoms with Crippen LogP contribution < -0.4 is 11.2 Å². The Labute approximate surface area is 145 Å². The predicted molar refractivity (Wildman–Crippen MR) is 88.7 cm³/mol. The first-order chi connectivity index (χ1) is 12.5. The number of carbonyl (C=O) groups excluding carboxylic acids is 2. The summed E-state index contributed by atoms with van der Waals surface area (Å²) < 4.78 is 15.8. The molecule has 0 aliphatic rings. The maximum atomic E-state index is 12.1. The Hall–Kier alpha value is -3.62. The molecule has 3 rings (SSSR count). The van der Waals surface area contributed by atoms with Crippen LogP contribution in [0.3, 0.4) is 0 Å². The highest BCUT2D eigenvalue weighted by Crippen LogP contribution is 2.13. The van der Waals surface area contributed by atoms with Crippen LogP contribution in [0.2, 0.25) is 0 Å². The lowest BCUT2D eigenvalue weighted by molar-refractivity contribution is -0.145. The van der Waals surface area contributed by atoms with Crippen molar-refractivity contribution in [3.05, 3.63) is 68.8 Å². The molecular weight excluding hydrogens is 344 g/mol. The first kappa shape index (κ1) is 17.2. The van der Waals surface area contributed by atoms with Crippen LogP contribution in [0.4, 0.5) is 0 Å². The van der Waals surface area contributed by atoms with E-state index in [1.165, 1.54) is 19.4 Å². The number of H-pyrrole nitrogens is 1. The Balaban J connectivity index is 1.79. The van der Waals surface area contributed by atoms with Gasteiger partial charge in [0.25, 0.3) is 5.56 Å². The van der Waals surface area contributed by atoms with E-state index >= 15 is 0 Å². The van der Waals surface area contributed by atoms with Gasteiger partial charge in [-0.25, -0.2) is 9.59 Å². The summed E-state index contributed by atoms with van der Waals surface area (Å²) in [5.41, 5.74) is -0.596. The molecule has 26 heavy (non-hydrogen) atoms. The molecule has 0 amide bonds. The van der Waals surface area contributed by atoms with Gasteiger partial charge in [0, 0.05) is 5.56 Å². The van der Waals surface area contributed by atoms with Crippen molar-refractivity contribution in [1.29, 1.82) is 0 Å². The first-order valence-electron chi connectivity index (χ1n) is 7.53. The number of methoxy groups -OCH3 is 1. The summed E-state index contributed by atoms with van der Waals surface area (Å²) in [6.45, 7) is -0.628. The van der Waals surface area contributed by atoms with Crippen molar-refractivity contribution >= 4 is 22.8 Å². The first-order valence-corrected chi connectivity index (χ1v) is 7.53. The maximum absolute atomic E-state index is 12.1. The number of esters is 2. The van der Waals surface area contributed by atoms with Crippen LogP contribution in [-0.2, 0) is 27.4 Å². The zero-order chi connectivity index (χ0) is 18.7. The van der Waals surface area contributed by atoms with Gasteiger partial charge in [-0.2, -0.15) is 0 Å². The summed E-state index contributed by atoms with van der Waals surface area (Å²) in [6.07, 6.45) is 1.27. The van der Waals surface area contributed by atoms with Crippen molar-refractivity contribution in [2.24, 2.45) is 0 Å². The number of rotatable bonds is 5. The number of para-hydroxylation sites is 1. The van der Waals surface area contributed by atoms with Crippen LogP contribution >= 0.6 is 0 Å². The Morgan fingerprint density at radius 2 is 1.96 bits per heavy atom. The van der Waals surface area contributed by atoms with Crippen LogP contribution in [0.25, 0.3) is 10.9 Å². The van der Waals surface area contributed by atoms with E-state index in [1.807, 2.05) is 0 Å². The van der Waals surface area contributed by atoms with Gasteiger partial charge in [0.1, 0.15) is 13.2 Å². The lowest BCUT2D eigenvalue weighted by Crippen LogP contribution is -2.32. The summed E-state index contributed by atoms with van der Waals surface area (Å²) >= 11 is 0. The minimum Gasteiger partial charge on any atom is -0.463 e. The number of benzene rings is 1. The van der Waals surface area contributed by atoms with E-state index in [-0.39, 0.29) is 17.8 Å². The van der Waals surface area contributed by atoms with Gasteiger partial charge in [-0.05, 0) is 18.2 Å². The molecule has 9 nitrogen and oxygen atoms in total. The average molecular weight is 358 g/mol. The highest BCUT2D eigenvalue weighted by molar-refractivity contribution is 5.87. The van der Waals surface area contributed by atoms with E-state index in [2.05, 4.69) is 9.72 Å². The Morgan fingerprint density at radius 1 is 1.19 bits per heavy atom. The molecule has 2 heterocycles. The minimum absolute atomic E-state index is 0.0630. The van der Waals surface area contributed by atoms with E-state index < -0.39 is 29.7 Å². The number of nitrogens with one attached hydrogen (secondary N) is 1. The molecule has 9 heteroatoms. The molecule has 0 spiro atoms. The second-order valence-electron chi connectivity index (χ2n) is 5.29. The fraction of sp³-hybridized carbons (Fsp3) is 0.176. The Bertz CT molecular complexity index is 1090. The second kappa shape index (κ2) is 7.09. The van der Waals surface area contributed by atoms with Gasteiger partial charge in [-0.3, -0.25) is 19.1 Å². The van der Waals surface area contributed by atoms with Crippen LogP contribution in [-0.4, -0.2) is 28.6 Å². The van der Waals surface area contributed by atoms with Gasteiger partial charge in [0.2, 0.25) is 5.76 Å². The molecule has 0 aliphatic carbocycles. The third-order valence-electron chi connectivity index (χ3n) is 3.70. The molecule has 0 saturated heterocycles. The number of aromatic amines is 1. The van der Waals surface area contributed by atoms with Crippen LogP contribution in [0, 0.1) is 0 Å². The van der Waals surface area contributed by atoms with Crippen molar-refractivity contribution in [3.63, 3.8) is 0 Å². The lowest BCUT2D eigenvalue weighted by Gasteiger charge is -2.09. The fourth-order valence-electron chi connectivity index (χ4n) is 2.45. The average Bonchev–Trinajstić information content (AvgIpc) is 3.11. The molecule has 0 unspecified atom stereocenters. The molecule has 134 valence electrons. The molecule has 0 bridgehead atoms. The quantitative estimate of drug-likeness (QED) is 0.670. The SMILES string of the molecule is COC(=O)c1occc1COC(=O)Cn1c(=O)[nH]c(=O)c2ccccc21. The fourth-order valence-corrected chi connectivity index (χ4v) is 2.45. The largest absolute Gasteiger partial charge is 0.463 e. The van der Waals surface area contributed by atoms with Gasteiger partial charge in [0.15, 0.2) is 0 Å². The van der Waals surface area contributed by atoms with Gasteiger partial charge < -0.3 is 13.9 Å². The van der Waals surface area contributed by atoms with Gasteiger partial charge in [0.05, 0.1) is 24.3 Å². The molecule has 0 radical (unpaired) electrons. The zero-order valence-electron chi connectivity index (χ0n) is 13.7. The second-order valence-corrected chi connectivity index (χ2v) is 5.29. The van der Waals surface area contributed by atoms with Crippen molar-refractivity contribution in [2.75, 3.05) is 7.11 Å². The number of hydrogen-bond acceptors (Lipinski definition) is 7. The minimum atomic E-state index is -0.721. The van der Waals surface area contributed by atoms with Crippen LogP contribution in [0.1, 0.15) is 16.1 Å². The monoisotopic (exact) mass is 358 g/mol. The maximum Gasteiger partial charge on any atom is 0.374 e.